The molecule has 0 saturated carbocycles. The third-order valence-corrected chi connectivity index (χ3v) is 6.42. The molecule has 0 bridgehead atoms. The highest BCUT2D eigenvalue weighted by Crippen LogP contribution is 2.41. The van der Waals surface area contributed by atoms with E-state index in [-0.39, 0.29) is 25.6 Å². The molecule has 0 amide bonds. The Hall–Kier alpha value is -1.34. The highest BCUT2D eigenvalue weighted by atomic mass is 16.7. The van der Waals surface area contributed by atoms with Gasteiger partial charge in [-0.1, -0.05) is 6.92 Å². The maximum Gasteiger partial charge on any atom is 0.335 e. The fourth-order valence-corrected chi connectivity index (χ4v) is 4.36. The van der Waals surface area contributed by atoms with Crippen molar-refractivity contribution in [3.8, 4) is 0 Å². The Bertz CT molecular complexity index is 657. The van der Waals surface area contributed by atoms with Gasteiger partial charge in [-0.05, 0) is 13.3 Å². The van der Waals surface area contributed by atoms with E-state index < -0.39 is 66.6 Å². The molecule has 0 aromatic heterocycles. The SMILES string of the molecule is COC1CC(OC2OC(COC(C)=O)C(O)C(C)C2O)C2CC(C)(C(=O)O)OCC2O1. The van der Waals surface area contributed by atoms with Crippen LogP contribution in [0.3, 0.4) is 0 Å². The average molecular weight is 448 g/mol. The van der Waals surface area contributed by atoms with E-state index in [4.69, 9.17) is 28.4 Å². The zero-order valence-electron chi connectivity index (χ0n) is 18.1. The molecule has 0 aromatic rings. The van der Waals surface area contributed by atoms with Crippen molar-refractivity contribution >= 4 is 11.9 Å². The van der Waals surface area contributed by atoms with Crippen molar-refractivity contribution < 1.29 is 53.3 Å². The Morgan fingerprint density at radius 2 is 1.90 bits per heavy atom. The van der Waals surface area contributed by atoms with Crippen LogP contribution < -0.4 is 0 Å². The number of carboxylic acids is 1. The lowest BCUT2D eigenvalue weighted by Gasteiger charge is -2.49. The molecule has 0 aromatic carbocycles. The van der Waals surface area contributed by atoms with Crippen molar-refractivity contribution in [2.45, 2.75) is 82.3 Å². The smallest absolute Gasteiger partial charge is 0.335 e. The molecule has 3 rings (SSSR count). The number of fused-ring (bicyclic) bond motifs is 1. The van der Waals surface area contributed by atoms with Crippen LogP contribution in [0.1, 0.15) is 33.6 Å². The van der Waals surface area contributed by atoms with Gasteiger partial charge < -0.3 is 43.7 Å². The summed E-state index contributed by atoms with van der Waals surface area (Å²) in [5.74, 6) is -2.54. The fraction of sp³-hybridized carbons (Fsp3) is 0.900. The summed E-state index contributed by atoms with van der Waals surface area (Å²) in [5, 5.41) is 30.6. The number of aliphatic hydroxyl groups is 2. The lowest BCUT2D eigenvalue weighted by molar-refractivity contribution is -0.335. The molecule has 31 heavy (non-hydrogen) atoms. The van der Waals surface area contributed by atoms with Crippen molar-refractivity contribution in [1.29, 1.82) is 0 Å². The molecule has 10 atom stereocenters. The lowest BCUT2D eigenvalue weighted by Crippen LogP contribution is -2.60. The van der Waals surface area contributed by atoms with Gasteiger partial charge in [0.2, 0.25) is 0 Å². The Labute approximate surface area is 180 Å². The molecule has 11 heteroatoms. The molecular formula is C20H32O11. The Morgan fingerprint density at radius 1 is 1.19 bits per heavy atom. The second kappa shape index (κ2) is 9.65. The van der Waals surface area contributed by atoms with Crippen molar-refractivity contribution in [2.75, 3.05) is 20.3 Å². The van der Waals surface area contributed by atoms with Gasteiger partial charge in [0, 0.05) is 32.3 Å². The molecule has 178 valence electrons. The van der Waals surface area contributed by atoms with Crippen molar-refractivity contribution in [3.63, 3.8) is 0 Å². The number of aliphatic carboxylic acids is 1. The molecule has 3 aliphatic heterocycles. The fourth-order valence-electron chi connectivity index (χ4n) is 4.36. The summed E-state index contributed by atoms with van der Waals surface area (Å²) in [5.41, 5.74) is -1.39. The van der Waals surface area contributed by atoms with Crippen molar-refractivity contribution in [1.82, 2.24) is 0 Å². The minimum Gasteiger partial charge on any atom is -0.479 e. The first-order chi connectivity index (χ1) is 14.6. The molecule has 3 fully saturated rings. The number of esters is 1. The molecular weight excluding hydrogens is 416 g/mol. The van der Waals surface area contributed by atoms with E-state index in [0.717, 1.165) is 0 Å². The number of aliphatic hydroxyl groups excluding tert-OH is 2. The van der Waals surface area contributed by atoms with Crippen LogP contribution in [-0.4, -0.2) is 96.3 Å². The highest BCUT2D eigenvalue weighted by Gasteiger charge is 2.52. The summed E-state index contributed by atoms with van der Waals surface area (Å²) in [6.45, 7) is 4.28. The monoisotopic (exact) mass is 448 g/mol. The van der Waals surface area contributed by atoms with Gasteiger partial charge in [0.15, 0.2) is 18.2 Å². The van der Waals surface area contributed by atoms with Crippen LogP contribution in [0, 0.1) is 11.8 Å². The first-order valence-electron chi connectivity index (χ1n) is 10.4. The van der Waals surface area contributed by atoms with Crippen LogP contribution >= 0.6 is 0 Å². The van der Waals surface area contributed by atoms with E-state index in [1.165, 1.54) is 21.0 Å². The molecule has 11 nitrogen and oxygen atoms in total. The number of hydrogen-bond acceptors (Lipinski definition) is 10. The average Bonchev–Trinajstić information content (AvgIpc) is 2.73. The molecule has 3 heterocycles. The van der Waals surface area contributed by atoms with Crippen LogP contribution in [0.4, 0.5) is 0 Å². The second-order valence-corrected chi connectivity index (χ2v) is 8.65. The Kier molecular flexibility index (Phi) is 7.57. The van der Waals surface area contributed by atoms with Gasteiger partial charge in [-0.15, -0.1) is 0 Å². The largest absolute Gasteiger partial charge is 0.479 e. The molecule has 3 saturated heterocycles. The molecule has 3 aliphatic rings. The van der Waals surface area contributed by atoms with Gasteiger partial charge in [-0.2, -0.15) is 0 Å². The number of hydrogen-bond donors (Lipinski definition) is 3. The Morgan fingerprint density at radius 3 is 2.52 bits per heavy atom. The van der Waals surface area contributed by atoms with Gasteiger partial charge in [0.1, 0.15) is 18.8 Å². The van der Waals surface area contributed by atoms with Crippen LogP contribution in [-0.2, 0) is 38.0 Å². The van der Waals surface area contributed by atoms with Gasteiger partial charge in [0.05, 0.1) is 24.9 Å². The van der Waals surface area contributed by atoms with E-state index in [1.54, 1.807) is 6.92 Å². The maximum absolute atomic E-state index is 11.7. The number of carbonyl (C=O) groups excluding carboxylic acids is 1. The number of ether oxygens (including phenoxy) is 6. The van der Waals surface area contributed by atoms with E-state index in [0.29, 0.717) is 6.42 Å². The van der Waals surface area contributed by atoms with Crippen LogP contribution in [0.15, 0.2) is 0 Å². The van der Waals surface area contributed by atoms with Gasteiger partial charge >= 0.3 is 11.9 Å². The minimum absolute atomic E-state index is 0.0610. The van der Waals surface area contributed by atoms with E-state index in [9.17, 15) is 24.9 Å². The summed E-state index contributed by atoms with van der Waals surface area (Å²) in [6, 6.07) is 0. The quantitative estimate of drug-likeness (QED) is 0.458. The lowest BCUT2D eigenvalue weighted by atomic mass is 9.79. The first-order valence-corrected chi connectivity index (χ1v) is 10.4. The van der Waals surface area contributed by atoms with Crippen molar-refractivity contribution in [3.05, 3.63) is 0 Å². The molecule has 10 unspecified atom stereocenters. The summed E-state index contributed by atoms with van der Waals surface area (Å²) < 4.78 is 33.6. The number of carboxylic acid groups (broad SMARTS) is 1. The van der Waals surface area contributed by atoms with Crippen molar-refractivity contribution in [2.24, 2.45) is 11.8 Å². The molecule has 0 spiro atoms. The summed E-state index contributed by atoms with van der Waals surface area (Å²) in [4.78, 5) is 22.9. The first kappa shape index (κ1) is 24.3. The minimum atomic E-state index is -1.39. The van der Waals surface area contributed by atoms with Crippen LogP contribution in [0.25, 0.3) is 0 Å². The van der Waals surface area contributed by atoms with Crippen LogP contribution in [0.2, 0.25) is 0 Å². The standard InChI is InChI=1S/C20H32O11/c1-9-16(22)14(7-27-10(2)21)31-18(17(9)23)30-12-5-15(26-4)29-13-8-28-20(3,19(24)25)6-11(12)13/h9,11-18,22-23H,5-8H2,1-4H3,(H,24,25). The van der Waals surface area contributed by atoms with Gasteiger partial charge in [0.25, 0.3) is 0 Å². The summed E-state index contributed by atoms with van der Waals surface area (Å²) in [6.07, 6.45) is -5.33. The van der Waals surface area contributed by atoms with E-state index in [1.807, 2.05) is 0 Å². The predicted octanol–water partition coefficient (Wildman–Crippen LogP) is -0.341. The number of carbonyl (C=O) groups is 2. The zero-order valence-corrected chi connectivity index (χ0v) is 18.1. The van der Waals surface area contributed by atoms with E-state index in [2.05, 4.69) is 0 Å². The van der Waals surface area contributed by atoms with Gasteiger partial charge in [-0.3, -0.25) is 4.79 Å². The topological polar surface area (TPSA) is 150 Å². The molecule has 0 aliphatic carbocycles. The second-order valence-electron chi connectivity index (χ2n) is 8.65. The predicted molar refractivity (Wildman–Crippen MR) is 102 cm³/mol. The van der Waals surface area contributed by atoms with Gasteiger partial charge in [-0.25, -0.2) is 4.79 Å². The maximum atomic E-state index is 11.7. The zero-order chi connectivity index (χ0) is 22.9. The Balaban J connectivity index is 1.76. The van der Waals surface area contributed by atoms with E-state index >= 15 is 0 Å². The number of rotatable bonds is 6. The van der Waals surface area contributed by atoms with Crippen LogP contribution in [0.5, 0.6) is 0 Å². The normalized spacial score (nSPS) is 45.5. The highest BCUT2D eigenvalue weighted by molar-refractivity contribution is 5.77. The third-order valence-electron chi connectivity index (χ3n) is 6.42. The molecule has 3 N–H and O–H groups in total. The third kappa shape index (κ3) is 5.19. The molecule has 0 radical (unpaired) electrons. The summed E-state index contributed by atoms with van der Waals surface area (Å²) >= 11 is 0. The summed E-state index contributed by atoms with van der Waals surface area (Å²) in [7, 11) is 1.49. The number of methoxy groups -OCH3 is 1.